The monoisotopic (exact) mass is 299 g/mol. The highest BCUT2D eigenvalue weighted by atomic mass is 16.7. The zero-order valence-corrected chi connectivity index (χ0v) is 12.8. The average Bonchev–Trinajstić information content (AvgIpc) is 2.97. The lowest BCUT2D eigenvalue weighted by Gasteiger charge is -2.06. The summed E-state index contributed by atoms with van der Waals surface area (Å²) >= 11 is 0. The molecule has 0 saturated carbocycles. The minimum absolute atomic E-state index is 0.0173. The maximum absolute atomic E-state index is 12.1. The molecule has 0 unspecified atom stereocenters. The first-order valence-electron chi connectivity index (χ1n) is 7.24. The lowest BCUT2D eigenvalue weighted by Crippen LogP contribution is -2.45. The third-order valence-electron chi connectivity index (χ3n) is 3.85. The van der Waals surface area contributed by atoms with Gasteiger partial charge >= 0.3 is 0 Å². The number of hydrogen-bond acceptors (Lipinski definition) is 3. The molecule has 1 amide bonds. The Balaban J connectivity index is 1.59. The van der Waals surface area contributed by atoms with Crippen LogP contribution < -0.4 is 19.4 Å². The van der Waals surface area contributed by atoms with E-state index in [1.165, 1.54) is 5.56 Å². The van der Waals surface area contributed by atoms with E-state index in [-0.39, 0.29) is 12.7 Å². The fraction of sp³-hybridized carbons (Fsp3) is 0.294. The maximum atomic E-state index is 12.1. The Morgan fingerprint density at radius 2 is 2.05 bits per heavy atom. The van der Waals surface area contributed by atoms with E-state index < -0.39 is 0 Å². The third-order valence-corrected chi connectivity index (χ3v) is 3.85. The van der Waals surface area contributed by atoms with Gasteiger partial charge < -0.3 is 14.8 Å². The molecule has 0 aliphatic carbocycles. The number of nitrogens with zero attached hydrogens (tertiary/aromatic N) is 1. The number of aromatic nitrogens is 1. The highest BCUT2D eigenvalue weighted by Gasteiger charge is 2.15. The van der Waals surface area contributed by atoms with Gasteiger partial charge in [-0.25, -0.2) is 0 Å². The number of carbonyl (C=O) groups is 1. The normalized spacial score (nSPS) is 12.3. The molecule has 1 N–H and O–H groups in total. The van der Waals surface area contributed by atoms with Crippen LogP contribution in [0.25, 0.3) is 0 Å². The van der Waals surface area contributed by atoms with Crippen molar-refractivity contribution in [3.63, 3.8) is 0 Å². The molecule has 1 aromatic heterocycles. The predicted octanol–water partition coefficient (Wildman–Crippen LogP) is 1.64. The summed E-state index contributed by atoms with van der Waals surface area (Å²) in [5.74, 6) is 1.47. The molecule has 3 rings (SSSR count). The number of amides is 1. The first kappa shape index (κ1) is 14.4. The Labute approximate surface area is 129 Å². The molecule has 0 atom stereocenters. The van der Waals surface area contributed by atoms with Crippen LogP contribution in [-0.2, 0) is 17.9 Å². The van der Waals surface area contributed by atoms with Crippen molar-refractivity contribution in [2.75, 3.05) is 6.79 Å². The molecule has 1 aliphatic heterocycles. The van der Waals surface area contributed by atoms with Crippen LogP contribution in [0.3, 0.4) is 0 Å². The SMILES string of the molecule is Cc1ccc[n+](CC(=O)NCc2ccc3c(c2)OCO3)c1C. The molecule has 114 valence electrons. The molecule has 1 aliphatic rings. The second-order valence-electron chi connectivity index (χ2n) is 5.37. The largest absolute Gasteiger partial charge is 0.454 e. The summed E-state index contributed by atoms with van der Waals surface area (Å²) in [6.07, 6.45) is 1.92. The number of fused-ring (bicyclic) bond motifs is 1. The summed E-state index contributed by atoms with van der Waals surface area (Å²) < 4.78 is 12.5. The van der Waals surface area contributed by atoms with Crippen molar-refractivity contribution in [2.24, 2.45) is 0 Å². The summed E-state index contributed by atoms with van der Waals surface area (Å²) in [5, 5.41) is 2.93. The van der Waals surface area contributed by atoms with Crippen LogP contribution in [0, 0.1) is 13.8 Å². The molecule has 5 heteroatoms. The van der Waals surface area contributed by atoms with E-state index in [0.29, 0.717) is 13.1 Å². The van der Waals surface area contributed by atoms with Crippen LogP contribution in [0.5, 0.6) is 11.5 Å². The van der Waals surface area contributed by atoms with Gasteiger partial charge in [-0.3, -0.25) is 4.79 Å². The molecule has 22 heavy (non-hydrogen) atoms. The first-order chi connectivity index (χ1) is 10.6. The predicted molar refractivity (Wildman–Crippen MR) is 80.5 cm³/mol. The van der Waals surface area contributed by atoms with E-state index in [4.69, 9.17) is 9.47 Å². The molecule has 0 bridgehead atoms. The number of benzene rings is 1. The maximum Gasteiger partial charge on any atom is 0.286 e. The molecule has 0 fully saturated rings. The Hall–Kier alpha value is -2.56. The third kappa shape index (κ3) is 3.03. The van der Waals surface area contributed by atoms with Crippen LogP contribution in [-0.4, -0.2) is 12.7 Å². The topological polar surface area (TPSA) is 51.4 Å². The summed E-state index contributed by atoms with van der Waals surface area (Å²) in [7, 11) is 0. The van der Waals surface area contributed by atoms with Gasteiger partial charge in [-0.2, -0.15) is 4.57 Å². The number of carbonyl (C=O) groups excluding carboxylic acids is 1. The van der Waals surface area contributed by atoms with Crippen molar-refractivity contribution < 1.29 is 18.8 Å². The molecule has 2 heterocycles. The van der Waals surface area contributed by atoms with Crippen LogP contribution in [0.2, 0.25) is 0 Å². The number of rotatable bonds is 4. The first-order valence-corrected chi connectivity index (χ1v) is 7.24. The Morgan fingerprint density at radius 3 is 2.91 bits per heavy atom. The molecule has 2 aromatic rings. The van der Waals surface area contributed by atoms with E-state index in [1.54, 1.807) is 0 Å². The number of pyridine rings is 1. The Morgan fingerprint density at radius 1 is 1.23 bits per heavy atom. The second-order valence-corrected chi connectivity index (χ2v) is 5.37. The van der Waals surface area contributed by atoms with Gasteiger partial charge in [0.1, 0.15) is 0 Å². The fourth-order valence-corrected chi connectivity index (χ4v) is 2.38. The minimum Gasteiger partial charge on any atom is -0.454 e. The van der Waals surface area contributed by atoms with Crippen LogP contribution >= 0.6 is 0 Å². The van der Waals surface area contributed by atoms with Crippen LogP contribution in [0.15, 0.2) is 36.5 Å². The highest BCUT2D eigenvalue weighted by molar-refractivity contribution is 5.74. The van der Waals surface area contributed by atoms with Crippen molar-refractivity contribution in [3.8, 4) is 11.5 Å². The fourth-order valence-electron chi connectivity index (χ4n) is 2.38. The summed E-state index contributed by atoms with van der Waals surface area (Å²) in [6, 6.07) is 9.68. The van der Waals surface area contributed by atoms with Gasteiger partial charge in [-0.05, 0) is 30.7 Å². The molecule has 0 radical (unpaired) electrons. The van der Waals surface area contributed by atoms with Gasteiger partial charge in [-0.15, -0.1) is 0 Å². The van der Waals surface area contributed by atoms with Gasteiger partial charge in [0.15, 0.2) is 23.4 Å². The molecular weight excluding hydrogens is 280 g/mol. The Bertz CT molecular complexity index is 713. The molecule has 0 spiro atoms. The van der Waals surface area contributed by atoms with Gasteiger partial charge in [-0.1, -0.05) is 6.07 Å². The van der Waals surface area contributed by atoms with Crippen molar-refractivity contribution >= 4 is 5.91 Å². The van der Waals surface area contributed by atoms with Crippen LogP contribution in [0.1, 0.15) is 16.8 Å². The molecule has 5 nitrogen and oxygen atoms in total. The highest BCUT2D eigenvalue weighted by Crippen LogP contribution is 2.32. The Kier molecular flexibility index (Phi) is 3.96. The second kappa shape index (κ2) is 6.05. The molecular formula is C17H19N2O3+. The molecule has 0 saturated heterocycles. The van der Waals surface area contributed by atoms with E-state index >= 15 is 0 Å². The van der Waals surface area contributed by atoms with E-state index in [0.717, 1.165) is 22.8 Å². The summed E-state index contributed by atoms with van der Waals surface area (Å²) in [5.41, 5.74) is 3.26. The number of hydrogen-bond donors (Lipinski definition) is 1. The lowest BCUT2D eigenvalue weighted by atomic mass is 10.2. The number of nitrogens with one attached hydrogen (secondary N) is 1. The zero-order chi connectivity index (χ0) is 15.5. The van der Waals surface area contributed by atoms with E-state index in [2.05, 4.69) is 5.32 Å². The van der Waals surface area contributed by atoms with Gasteiger partial charge in [0.2, 0.25) is 13.3 Å². The zero-order valence-electron chi connectivity index (χ0n) is 12.8. The quantitative estimate of drug-likeness (QED) is 0.873. The van der Waals surface area contributed by atoms with Crippen molar-refractivity contribution in [3.05, 3.63) is 53.3 Å². The van der Waals surface area contributed by atoms with Crippen LogP contribution in [0.4, 0.5) is 0 Å². The van der Waals surface area contributed by atoms with Gasteiger partial charge in [0.05, 0.1) is 0 Å². The number of aryl methyl sites for hydroxylation is 1. The van der Waals surface area contributed by atoms with Crippen molar-refractivity contribution in [2.45, 2.75) is 26.9 Å². The summed E-state index contributed by atoms with van der Waals surface area (Å²) in [4.78, 5) is 12.1. The smallest absolute Gasteiger partial charge is 0.286 e. The average molecular weight is 299 g/mol. The van der Waals surface area contributed by atoms with Crippen molar-refractivity contribution in [1.82, 2.24) is 5.32 Å². The van der Waals surface area contributed by atoms with E-state index in [1.807, 2.05) is 54.9 Å². The lowest BCUT2D eigenvalue weighted by molar-refractivity contribution is -0.690. The van der Waals surface area contributed by atoms with Crippen molar-refractivity contribution in [1.29, 1.82) is 0 Å². The van der Waals surface area contributed by atoms with E-state index in [9.17, 15) is 4.79 Å². The van der Waals surface area contributed by atoms with Gasteiger partial charge in [0, 0.05) is 25.1 Å². The molecule has 1 aromatic carbocycles. The minimum atomic E-state index is -0.0173. The summed E-state index contributed by atoms with van der Waals surface area (Å²) in [6.45, 7) is 5.10. The van der Waals surface area contributed by atoms with Gasteiger partial charge in [0.25, 0.3) is 5.91 Å². The number of ether oxygens (including phenoxy) is 2. The standard InChI is InChI=1S/C17H18N2O3/c1-12-4-3-7-19(13(12)2)10-17(20)18-9-14-5-6-15-16(8-14)22-11-21-15/h3-8H,9-11H2,1-2H3/p+1.